The van der Waals surface area contributed by atoms with Gasteiger partial charge in [-0.3, -0.25) is 4.40 Å². The van der Waals surface area contributed by atoms with Crippen molar-refractivity contribution in [2.24, 2.45) is 0 Å². The molecule has 0 bridgehead atoms. The van der Waals surface area contributed by atoms with Crippen LogP contribution in [0.4, 0.5) is 0 Å². The summed E-state index contributed by atoms with van der Waals surface area (Å²) < 4.78 is 7.44. The van der Waals surface area contributed by atoms with E-state index in [0.29, 0.717) is 0 Å². The summed E-state index contributed by atoms with van der Waals surface area (Å²) in [6.45, 7) is 2.07. The molecule has 4 heteroatoms. The summed E-state index contributed by atoms with van der Waals surface area (Å²) in [4.78, 5) is 4.62. The molecule has 0 aliphatic rings. The predicted octanol–water partition coefficient (Wildman–Crippen LogP) is 0.322. The van der Waals surface area contributed by atoms with Crippen molar-refractivity contribution >= 4 is 5.65 Å². The fourth-order valence-corrected chi connectivity index (χ4v) is 2.07. The maximum absolute atomic E-state index is 5.48. The van der Waals surface area contributed by atoms with Gasteiger partial charge in [-0.05, 0) is 19.1 Å². The van der Waals surface area contributed by atoms with Gasteiger partial charge in [-0.2, -0.15) is 0 Å². The number of pyridine rings is 1. The van der Waals surface area contributed by atoms with Gasteiger partial charge in [0, 0.05) is 11.8 Å². The highest BCUT2D eigenvalue weighted by Crippen LogP contribution is 2.30. The molecule has 2 aromatic heterocycles. The average molecular weight is 318 g/mol. The highest BCUT2D eigenvalue weighted by atomic mass is 79.9. The van der Waals surface area contributed by atoms with E-state index in [1.807, 2.05) is 28.8 Å². The summed E-state index contributed by atoms with van der Waals surface area (Å²) in [5, 5.41) is 0. The Labute approximate surface area is 122 Å². The average Bonchev–Trinajstić information content (AvgIpc) is 2.78. The molecule has 0 unspecified atom stereocenters. The van der Waals surface area contributed by atoms with Crippen molar-refractivity contribution in [3.63, 3.8) is 0 Å². The molecule has 0 N–H and O–H groups in total. The molecule has 0 spiro atoms. The second-order valence-electron chi connectivity index (χ2n) is 4.26. The summed E-state index contributed by atoms with van der Waals surface area (Å²) in [6.07, 6.45) is 1.96. The van der Waals surface area contributed by atoms with Gasteiger partial charge in [0.1, 0.15) is 11.3 Å². The molecule has 0 saturated heterocycles. The van der Waals surface area contributed by atoms with Crippen molar-refractivity contribution in [1.29, 1.82) is 0 Å². The van der Waals surface area contributed by atoms with Crippen LogP contribution < -0.4 is 21.7 Å². The molecule has 0 amide bonds. The van der Waals surface area contributed by atoms with Crippen LogP contribution in [0.2, 0.25) is 0 Å². The van der Waals surface area contributed by atoms with Crippen LogP contribution in [-0.2, 0) is 0 Å². The summed E-state index contributed by atoms with van der Waals surface area (Å²) in [6, 6.07) is 14.2. The summed E-state index contributed by atoms with van der Waals surface area (Å²) >= 11 is 0. The smallest absolute Gasteiger partial charge is 0.226 e. The Morgan fingerprint density at radius 3 is 2.47 bits per heavy atom. The molecule has 0 saturated carbocycles. The van der Waals surface area contributed by atoms with Crippen LogP contribution in [0.5, 0.6) is 5.88 Å². The van der Waals surface area contributed by atoms with Gasteiger partial charge in [0.05, 0.1) is 7.11 Å². The topological polar surface area (TPSA) is 26.5 Å². The van der Waals surface area contributed by atoms with Gasteiger partial charge in [0.2, 0.25) is 5.88 Å². The normalized spacial score (nSPS) is 10.2. The minimum absolute atomic E-state index is 0. The Morgan fingerprint density at radius 2 is 1.79 bits per heavy atom. The van der Waals surface area contributed by atoms with Crippen molar-refractivity contribution in [2.75, 3.05) is 7.11 Å². The molecule has 3 rings (SSSR count). The third kappa shape index (κ3) is 2.36. The minimum atomic E-state index is 0. The van der Waals surface area contributed by atoms with Gasteiger partial charge >= 0.3 is 0 Å². The van der Waals surface area contributed by atoms with Gasteiger partial charge in [-0.25, -0.2) is 4.98 Å². The molecular formula is C15H14BrN2O-. The molecule has 0 aliphatic heterocycles. The van der Waals surface area contributed by atoms with Crippen LogP contribution in [-0.4, -0.2) is 16.5 Å². The quantitative estimate of drug-likeness (QED) is 0.680. The fraction of sp³-hybridized carbons (Fsp3) is 0.133. The lowest BCUT2D eigenvalue weighted by Gasteiger charge is -2.03. The van der Waals surface area contributed by atoms with Crippen LogP contribution >= 0.6 is 0 Å². The molecule has 98 valence electrons. The van der Waals surface area contributed by atoms with E-state index >= 15 is 0 Å². The van der Waals surface area contributed by atoms with E-state index in [-0.39, 0.29) is 17.0 Å². The van der Waals surface area contributed by atoms with Crippen molar-refractivity contribution < 1.29 is 21.7 Å². The first-order valence-corrected chi connectivity index (χ1v) is 5.88. The Hall–Kier alpha value is -1.81. The fourth-order valence-electron chi connectivity index (χ4n) is 2.07. The second kappa shape index (κ2) is 5.45. The minimum Gasteiger partial charge on any atom is -1.00 e. The number of imidazole rings is 1. The zero-order valence-corrected chi connectivity index (χ0v) is 12.4. The van der Waals surface area contributed by atoms with Gasteiger partial charge < -0.3 is 21.7 Å². The van der Waals surface area contributed by atoms with Gasteiger partial charge in [0.25, 0.3) is 0 Å². The number of hydrogen-bond donors (Lipinski definition) is 0. The van der Waals surface area contributed by atoms with Crippen molar-refractivity contribution in [3.8, 4) is 17.1 Å². The van der Waals surface area contributed by atoms with E-state index in [9.17, 15) is 0 Å². The van der Waals surface area contributed by atoms with E-state index in [1.54, 1.807) is 7.11 Å². The molecule has 3 aromatic rings. The Bertz CT molecular complexity index is 689. The maximum atomic E-state index is 5.48. The molecule has 0 atom stereocenters. The SMILES string of the molecule is COc1c(-c2ccc(C)cc2)nc2ccccn12.[Br-]. The first-order valence-electron chi connectivity index (χ1n) is 5.88. The highest BCUT2D eigenvalue weighted by molar-refractivity contribution is 5.69. The molecule has 2 heterocycles. The van der Waals surface area contributed by atoms with Crippen LogP contribution in [0, 0.1) is 6.92 Å². The summed E-state index contributed by atoms with van der Waals surface area (Å²) in [5.74, 6) is 0.773. The monoisotopic (exact) mass is 317 g/mol. The largest absolute Gasteiger partial charge is 1.00 e. The van der Waals surface area contributed by atoms with Crippen LogP contribution in [0.3, 0.4) is 0 Å². The lowest BCUT2D eigenvalue weighted by Crippen LogP contribution is -3.00. The second-order valence-corrected chi connectivity index (χ2v) is 4.26. The lowest BCUT2D eigenvalue weighted by atomic mass is 10.1. The molecule has 0 radical (unpaired) electrons. The third-order valence-electron chi connectivity index (χ3n) is 3.00. The van der Waals surface area contributed by atoms with E-state index in [0.717, 1.165) is 22.8 Å². The number of methoxy groups -OCH3 is 1. The molecule has 1 aromatic carbocycles. The number of aryl methyl sites for hydroxylation is 1. The summed E-state index contributed by atoms with van der Waals surface area (Å²) in [7, 11) is 1.67. The zero-order valence-electron chi connectivity index (χ0n) is 10.8. The van der Waals surface area contributed by atoms with E-state index in [4.69, 9.17) is 4.74 Å². The molecule has 19 heavy (non-hydrogen) atoms. The zero-order chi connectivity index (χ0) is 12.5. The molecule has 0 aliphatic carbocycles. The number of benzene rings is 1. The van der Waals surface area contributed by atoms with Gasteiger partial charge in [-0.15, -0.1) is 0 Å². The number of halogens is 1. The molecule has 3 nitrogen and oxygen atoms in total. The number of aromatic nitrogens is 2. The molecule has 0 fully saturated rings. The standard InChI is InChI=1S/C15H14N2O.BrH/c1-11-6-8-12(9-7-11)14-15(18-2)17-10-4-3-5-13(17)16-14;/h3-10H,1-2H3;1H/p-1. The van der Waals surface area contributed by atoms with Crippen molar-refractivity contribution in [2.45, 2.75) is 6.92 Å². The first-order chi connectivity index (χ1) is 8.79. The van der Waals surface area contributed by atoms with Crippen molar-refractivity contribution in [3.05, 3.63) is 54.2 Å². The number of rotatable bonds is 2. The number of ether oxygens (including phenoxy) is 1. The summed E-state index contributed by atoms with van der Waals surface area (Å²) in [5.41, 5.74) is 4.08. The first kappa shape index (κ1) is 13.6. The Morgan fingerprint density at radius 1 is 1.05 bits per heavy atom. The van der Waals surface area contributed by atoms with E-state index < -0.39 is 0 Å². The lowest BCUT2D eigenvalue weighted by molar-refractivity contribution is -0.00000407. The highest BCUT2D eigenvalue weighted by Gasteiger charge is 2.13. The maximum Gasteiger partial charge on any atom is 0.226 e. The number of fused-ring (bicyclic) bond motifs is 1. The number of nitrogens with zero attached hydrogens (tertiary/aromatic N) is 2. The molecular weight excluding hydrogens is 304 g/mol. The third-order valence-corrected chi connectivity index (χ3v) is 3.00. The van der Waals surface area contributed by atoms with Crippen LogP contribution in [0.15, 0.2) is 48.7 Å². The Kier molecular flexibility index (Phi) is 3.90. The van der Waals surface area contributed by atoms with E-state index in [2.05, 4.69) is 36.2 Å². The van der Waals surface area contributed by atoms with Gasteiger partial charge in [-0.1, -0.05) is 35.9 Å². The van der Waals surface area contributed by atoms with Crippen molar-refractivity contribution in [1.82, 2.24) is 9.38 Å². The number of hydrogen-bond acceptors (Lipinski definition) is 2. The van der Waals surface area contributed by atoms with E-state index in [1.165, 1.54) is 5.56 Å². The van der Waals surface area contributed by atoms with Crippen LogP contribution in [0.25, 0.3) is 16.9 Å². The Balaban J connectivity index is 0.00000133. The van der Waals surface area contributed by atoms with Gasteiger partial charge in [0.15, 0.2) is 0 Å². The predicted molar refractivity (Wildman–Crippen MR) is 71.9 cm³/mol. The van der Waals surface area contributed by atoms with Crippen LogP contribution in [0.1, 0.15) is 5.56 Å².